The lowest BCUT2D eigenvalue weighted by Gasteiger charge is -2.29. The molecule has 1 unspecified atom stereocenters. The van der Waals surface area contributed by atoms with Crippen molar-refractivity contribution >= 4 is 40.8 Å². The third kappa shape index (κ3) is 5.77. The highest BCUT2D eigenvalue weighted by Crippen LogP contribution is 2.29. The smallest absolute Gasteiger partial charge is 0.326 e. The number of aliphatic carboxylic acids is 1. The van der Waals surface area contributed by atoms with E-state index in [-0.39, 0.29) is 23.6 Å². The van der Waals surface area contributed by atoms with E-state index < -0.39 is 17.9 Å². The monoisotopic (exact) mass is 518 g/mol. The molecule has 1 amide bonds. The molecule has 1 atom stereocenters. The first kappa shape index (κ1) is 25.1. The van der Waals surface area contributed by atoms with Crippen molar-refractivity contribution in [3.63, 3.8) is 0 Å². The second-order valence-corrected chi connectivity index (χ2v) is 8.87. The first-order valence-electron chi connectivity index (χ1n) is 10.9. The minimum Gasteiger partial charge on any atom is -0.480 e. The van der Waals surface area contributed by atoms with E-state index in [1.807, 2.05) is 36.4 Å². The number of nitrogens with zero attached hydrogens (tertiary/aromatic N) is 2. The third-order valence-corrected chi connectivity index (χ3v) is 6.15. The molecule has 0 aliphatic rings. The minimum atomic E-state index is -1.19. The summed E-state index contributed by atoms with van der Waals surface area (Å²) in [6.45, 7) is 7.11. The van der Waals surface area contributed by atoms with E-state index >= 15 is 0 Å². The van der Waals surface area contributed by atoms with E-state index in [1.54, 1.807) is 30.3 Å². The summed E-state index contributed by atoms with van der Waals surface area (Å²) in [4.78, 5) is 30.7. The quantitative estimate of drug-likeness (QED) is 0.251. The summed E-state index contributed by atoms with van der Waals surface area (Å²) in [6.07, 6.45) is 0.0910. The molecular weight excluding hydrogens is 499 g/mol. The Morgan fingerprint density at radius 3 is 2.44 bits per heavy atom. The number of carbonyl (C=O) groups is 2. The maximum atomic E-state index is 13.6. The van der Waals surface area contributed by atoms with Gasteiger partial charge in [-0.15, -0.1) is 0 Å². The maximum absolute atomic E-state index is 13.6. The van der Waals surface area contributed by atoms with Gasteiger partial charge in [0.05, 0.1) is 23.7 Å². The van der Waals surface area contributed by atoms with Crippen molar-refractivity contribution in [1.29, 1.82) is 0 Å². The zero-order chi connectivity index (χ0) is 25.7. The van der Waals surface area contributed by atoms with Crippen molar-refractivity contribution in [3.05, 3.63) is 123 Å². The Morgan fingerprint density at radius 2 is 1.75 bits per heavy atom. The van der Waals surface area contributed by atoms with E-state index in [9.17, 15) is 14.7 Å². The van der Waals surface area contributed by atoms with E-state index in [0.717, 1.165) is 5.56 Å². The summed E-state index contributed by atoms with van der Waals surface area (Å²) in [6, 6.07) is 22.7. The number of carboxylic acid groups (broad SMARTS) is 1. The second kappa shape index (κ2) is 11.1. The topological polar surface area (TPSA) is 75.1 Å². The predicted octanol–water partition coefficient (Wildman–Crippen LogP) is 7.14. The molecule has 0 fully saturated rings. The molecule has 8 heteroatoms. The fraction of sp³-hybridized carbons (Fsp3) is 0.107. The van der Waals surface area contributed by atoms with Crippen LogP contribution < -0.4 is 0 Å². The van der Waals surface area contributed by atoms with Crippen LogP contribution in [0.2, 0.25) is 10.0 Å². The van der Waals surface area contributed by atoms with Gasteiger partial charge in [0.2, 0.25) is 0 Å². The molecule has 3 aromatic carbocycles. The zero-order valence-electron chi connectivity index (χ0n) is 18.9. The minimum absolute atomic E-state index is 0.0910. The molecule has 180 valence electrons. The molecule has 36 heavy (non-hydrogen) atoms. The van der Waals surface area contributed by atoms with Crippen LogP contribution in [-0.4, -0.2) is 27.9 Å². The Labute approximate surface area is 218 Å². The highest BCUT2D eigenvalue weighted by molar-refractivity contribution is 6.36. The number of halogens is 2. The highest BCUT2D eigenvalue weighted by Gasteiger charge is 2.32. The first-order chi connectivity index (χ1) is 17.4. The van der Waals surface area contributed by atoms with Crippen molar-refractivity contribution < 1.29 is 19.1 Å². The predicted molar refractivity (Wildman–Crippen MR) is 138 cm³/mol. The summed E-state index contributed by atoms with van der Waals surface area (Å²) in [5, 5.41) is 10.6. The fourth-order valence-electron chi connectivity index (χ4n) is 3.82. The molecule has 4 aromatic rings. The summed E-state index contributed by atoms with van der Waals surface area (Å²) >= 11 is 12.3. The molecule has 0 bridgehead atoms. The van der Waals surface area contributed by atoms with Gasteiger partial charge < -0.3 is 14.4 Å². The SMILES string of the molecule is [C-]#[N+]c1cccc(-c2ccc(CN(C(=O)c3ccc(Cl)cc3Cl)C(Cc3ccccc3)C(=O)O)o2)c1. The lowest BCUT2D eigenvalue weighted by atomic mass is 10.0. The van der Waals surface area contributed by atoms with Gasteiger partial charge in [-0.1, -0.05) is 71.7 Å². The molecule has 0 spiro atoms. The molecule has 0 aliphatic heterocycles. The molecule has 0 radical (unpaired) electrons. The van der Waals surface area contributed by atoms with E-state index in [2.05, 4.69) is 4.85 Å². The van der Waals surface area contributed by atoms with Crippen LogP contribution in [0, 0.1) is 6.57 Å². The lowest BCUT2D eigenvalue weighted by Crippen LogP contribution is -2.46. The van der Waals surface area contributed by atoms with Gasteiger partial charge in [0.25, 0.3) is 5.91 Å². The molecule has 0 saturated carbocycles. The summed E-state index contributed by atoms with van der Waals surface area (Å²) in [5.74, 6) is -0.833. The number of hydrogen-bond donors (Lipinski definition) is 1. The maximum Gasteiger partial charge on any atom is 0.326 e. The molecule has 1 aromatic heterocycles. The highest BCUT2D eigenvalue weighted by atomic mass is 35.5. The van der Waals surface area contributed by atoms with Crippen LogP contribution in [0.3, 0.4) is 0 Å². The van der Waals surface area contributed by atoms with Gasteiger partial charge in [0, 0.05) is 17.0 Å². The average molecular weight is 519 g/mol. The van der Waals surface area contributed by atoms with Gasteiger partial charge in [0.1, 0.15) is 17.6 Å². The van der Waals surface area contributed by atoms with Crippen LogP contribution in [0.25, 0.3) is 16.2 Å². The van der Waals surface area contributed by atoms with E-state index in [4.69, 9.17) is 34.2 Å². The zero-order valence-corrected chi connectivity index (χ0v) is 20.4. The van der Waals surface area contributed by atoms with Crippen molar-refractivity contribution in [1.82, 2.24) is 4.90 Å². The van der Waals surface area contributed by atoms with Gasteiger partial charge >= 0.3 is 5.97 Å². The number of hydrogen-bond acceptors (Lipinski definition) is 3. The molecule has 1 N–H and O–H groups in total. The molecule has 0 saturated heterocycles. The Bertz CT molecular complexity index is 1440. The van der Waals surface area contributed by atoms with E-state index in [0.29, 0.717) is 27.8 Å². The van der Waals surface area contributed by atoms with Gasteiger partial charge in [-0.3, -0.25) is 4.79 Å². The van der Waals surface area contributed by atoms with Crippen LogP contribution in [0.15, 0.2) is 89.3 Å². The van der Waals surface area contributed by atoms with E-state index in [1.165, 1.54) is 23.1 Å². The molecule has 6 nitrogen and oxygen atoms in total. The Hall–Kier alpha value is -4.05. The third-order valence-electron chi connectivity index (χ3n) is 5.60. The molecule has 0 aliphatic carbocycles. The Kier molecular flexibility index (Phi) is 7.74. The summed E-state index contributed by atoms with van der Waals surface area (Å²) in [7, 11) is 0. The number of carbonyl (C=O) groups excluding carboxylic acids is 1. The number of benzene rings is 3. The van der Waals surface area contributed by atoms with Crippen LogP contribution in [0.5, 0.6) is 0 Å². The number of furan rings is 1. The number of carboxylic acids is 1. The van der Waals surface area contributed by atoms with Crippen LogP contribution >= 0.6 is 23.2 Å². The van der Waals surface area contributed by atoms with Crippen LogP contribution in [0.1, 0.15) is 21.7 Å². The standard InChI is InChI=1S/C28H20Cl2N2O4/c1-31-21-9-5-8-19(15-21)26-13-11-22(36-26)17-32(27(33)23-12-10-20(29)16-24(23)30)25(28(34)35)14-18-6-3-2-4-7-18/h2-13,15-16,25H,14,17H2,(H,34,35). The molecular formula is C28H20Cl2N2O4. The largest absolute Gasteiger partial charge is 0.480 e. The van der Waals surface area contributed by atoms with Crippen molar-refractivity contribution in [2.24, 2.45) is 0 Å². The summed E-state index contributed by atoms with van der Waals surface area (Å²) < 4.78 is 5.97. The van der Waals surface area contributed by atoms with Crippen molar-refractivity contribution in [2.75, 3.05) is 0 Å². The fourth-order valence-corrected chi connectivity index (χ4v) is 4.31. The van der Waals surface area contributed by atoms with Crippen LogP contribution in [0.4, 0.5) is 5.69 Å². The Morgan fingerprint density at radius 1 is 0.972 bits per heavy atom. The van der Waals surface area contributed by atoms with Crippen LogP contribution in [-0.2, 0) is 17.8 Å². The first-order valence-corrected chi connectivity index (χ1v) is 11.7. The Balaban J connectivity index is 1.71. The average Bonchev–Trinajstić information content (AvgIpc) is 3.35. The van der Waals surface area contributed by atoms with Gasteiger partial charge in [-0.05, 0) is 42.0 Å². The number of amides is 1. The van der Waals surface area contributed by atoms with Gasteiger partial charge in [-0.25, -0.2) is 9.64 Å². The van der Waals surface area contributed by atoms with Crippen molar-refractivity contribution in [3.8, 4) is 11.3 Å². The van der Waals surface area contributed by atoms with Gasteiger partial charge in [-0.2, -0.15) is 0 Å². The van der Waals surface area contributed by atoms with Crippen molar-refractivity contribution in [2.45, 2.75) is 19.0 Å². The summed E-state index contributed by atoms with van der Waals surface area (Å²) in [5.41, 5.74) is 2.07. The molecule has 1 heterocycles. The van der Waals surface area contributed by atoms with Gasteiger partial charge in [0.15, 0.2) is 5.69 Å². The molecule has 4 rings (SSSR count). The normalized spacial score (nSPS) is 11.5. The second-order valence-electron chi connectivity index (χ2n) is 8.03. The lowest BCUT2D eigenvalue weighted by molar-refractivity contribution is -0.142. The number of rotatable bonds is 8.